The molecule has 1 atom stereocenters. The summed E-state index contributed by atoms with van der Waals surface area (Å²) in [7, 11) is 0. The number of benzene rings is 1. The molecule has 0 fully saturated rings. The van der Waals surface area contributed by atoms with Gasteiger partial charge in [-0.05, 0) is 30.2 Å². The lowest BCUT2D eigenvalue weighted by atomic mass is 9.96. The number of rotatable bonds is 6. The van der Waals surface area contributed by atoms with Crippen LogP contribution in [0, 0.1) is 5.92 Å². The molecule has 2 nitrogen and oxygen atoms in total. The fourth-order valence-electron chi connectivity index (χ4n) is 1.62. The highest BCUT2D eigenvalue weighted by Gasteiger charge is 2.10. The van der Waals surface area contributed by atoms with Crippen LogP contribution >= 0.6 is 11.6 Å². The Labute approximate surface area is 102 Å². The molecule has 0 spiro atoms. The van der Waals surface area contributed by atoms with Crippen LogP contribution in [0.4, 0.5) is 0 Å². The van der Waals surface area contributed by atoms with Gasteiger partial charge in [0.15, 0.2) is 0 Å². The zero-order chi connectivity index (χ0) is 12.0. The average molecular weight is 240 g/mol. The van der Waals surface area contributed by atoms with Crippen molar-refractivity contribution in [2.75, 3.05) is 6.54 Å². The molecular weight excluding hydrogens is 222 g/mol. The second-order valence-electron chi connectivity index (χ2n) is 4.06. The first-order valence-corrected chi connectivity index (χ1v) is 5.99. The van der Waals surface area contributed by atoms with Crippen LogP contribution in [0.25, 0.3) is 0 Å². The molecule has 0 aliphatic carbocycles. The highest BCUT2D eigenvalue weighted by molar-refractivity contribution is 6.30. The third-order valence-electron chi connectivity index (χ3n) is 2.74. The molecule has 2 N–H and O–H groups in total. The van der Waals surface area contributed by atoms with Crippen LogP contribution in [0.2, 0.25) is 5.02 Å². The maximum Gasteiger partial charge on any atom is 0.137 e. The second kappa shape index (κ2) is 6.66. The molecule has 0 aliphatic heterocycles. The predicted molar refractivity (Wildman–Crippen MR) is 67.6 cm³/mol. The van der Waals surface area contributed by atoms with Crippen LogP contribution in [0.1, 0.15) is 25.3 Å². The van der Waals surface area contributed by atoms with E-state index in [1.807, 2.05) is 24.3 Å². The van der Waals surface area contributed by atoms with Crippen molar-refractivity contribution in [2.45, 2.75) is 26.2 Å². The minimum Gasteiger partial charge on any atom is -0.330 e. The zero-order valence-electron chi connectivity index (χ0n) is 9.58. The van der Waals surface area contributed by atoms with Crippen LogP contribution in [0.15, 0.2) is 24.3 Å². The van der Waals surface area contributed by atoms with E-state index in [0.717, 1.165) is 12.0 Å². The second-order valence-corrected chi connectivity index (χ2v) is 4.49. The summed E-state index contributed by atoms with van der Waals surface area (Å²) in [5.41, 5.74) is 6.59. The molecule has 0 heterocycles. The van der Waals surface area contributed by atoms with Crippen LogP contribution in [-0.2, 0) is 11.2 Å². The quantitative estimate of drug-likeness (QED) is 0.830. The Balaban J connectivity index is 2.48. The Morgan fingerprint density at radius 1 is 1.38 bits per heavy atom. The monoisotopic (exact) mass is 239 g/mol. The molecule has 1 rings (SSSR count). The summed E-state index contributed by atoms with van der Waals surface area (Å²) in [5.74, 6) is 0.569. The van der Waals surface area contributed by atoms with Crippen LogP contribution in [-0.4, -0.2) is 12.3 Å². The van der Waals surface area contributed by atoms with E-state index >= 15 is 0 Å². The van der Waals surface area contributed by atoms with Gasteiger partial charge >= 0.3 is 0 Å². The molecule has 88 valence electrons. The summed E-state index contributed by atoms with van der Waals surface area (Å²) >= 11 is 5.78. The first-order valence-electron chi connectivity index (χ1n) is 5.62. The van der Waals surface area contributed by atoms with E-state index < -0.39 is 0 Å². The van der Waals surface area contributed by atoms with Gasteiger partial charge in [-0.1, -0.05) is 37.1 Å². The van der Waals surface area contributed by atoms with Gasteiger partial charge in [0.25, 0.3) is 0 Å². The summed E-state index contributed by atoms with van der Waals surface area (Å²) in [6, 6.07) is 7.40. The maximum absolute atomic E-state index is 11.7. The fraction of sp³-hybridized carbons (Fsp3) is 0.462. The summed E-state index contributed by atoms with van der Waals surface area (Å²) in [4.78, 5) is 11.7. The summed E-state index contributed by atoms with van der Waals surface area (Å²) < 4.78 is 0. The van der Waals surface area contributed by atoms with E-state index in [0.29, 0.717) is 30.3 Å². The number of ketones is 1. The Morgan fingerprint density at radius 2 is 2.00 bits per heavy atom. The van der Waals surface area contributed by atoms with E-state index in [1.165, 1.54) is 0 Å². The van der Waals surface area contributed by atoms with Crippen LogP contribution in [0.3, 0.4) is 0 Å². The van der Waals surface area contributed by atoms with Crippen molar-refractivity contribution in [1.82, 2.24) is 0 Å². The Morgan fingerprint density at radius 3 is 2.50 bits per heavy atom. The Bertz CT molecular complexity index is 330. The van der Waals surface area contributed by atoms with Crippen LogP contribution in [0.5, 0.6) is 0 Å². The number of carbonyl (C=O) groups excluding carboxylic acids is 1. The molecule has 0 amide bonds. The molecule has 1 aromatic carbocycles. The number of Topliss-reactive ketones (excluding diaryl/α,β-unsaturated/α-hetero) is 1. The van der Waals surface area contributed by atoms with Gasteiger partial charge in [0.1, 0.15) is 5.78 Å². The average Bonchev–Trinajstić information content (AvgIpc) is 2.29. The summed E-state index contributed by atoms with van der Waals surface area (Å²) in [6.07, 6.45) is 2.02. The Hall–Kier alpha value is -0.860. The van der Waals surface area contributed by atoms with Crippen molar-refractivity contribution >= 4 is 17.4 Å². The number of nitrogens with two attached hydrogens (primary N) is 1. The number of carbonyl (C=O) groups is 1. The number of halogens is 1. The molecule has 1 aromatic rings. The largest absolute Gasteiger partial charge is 0.330 e. The van der Waals surface area contributed by atoms with E-state index in [-0.39, 0.29) is 5.78 Å². The van der Waals surface area contributed by atoms with E-state index in [9.17, 15) is 4.79 Å². The number of hydrogen-bond donors (Lipinski definition) is 1. The lowest BCUT2D eigenvalue weighted by Crippen LogP contribution is -2.18. The normalized spacial score (nSPS) is 12.4. The molecule has 16 heavy (non-hydrogen) atoms. The minimum atomic E-state index is 0.250. The molecule has 0 aromatic heterocycles. The van der Waals surface area contributed by atoms with Gasteiger partial charge in [0, 0.05) is 17.9 Å². The van der Waals surface area contributed by atoms with Crippen molar-refractivity contribution in [3.05, 3.63) is 34.9 Å². The molecule has 0 saturated heterocycles. The van der Waals surface area contributed by atoms with Gasteiger partial charge in [-0.2, -0.15) is 0 Å². The van der Waals surface area contributed by atoms with Crippen molar-refractivity contribution in [2.24, 2.45) is 11.7 Å². The molecule has 3 heteroatoms. The zero-order valence-corrected chi connectivity index (χ0v) is 10.3. The van der Waals surface area contributed by atoms with Crippen molar-refractivity contribution in [3.63, 3.8) is 0 Å². The van der Waals surface area contributed by atoms with Gasteiger partial charge < -0.3 is 5.73 Å². The van der Waals surface area contributed by atoms with Gasteiger partial charge in [0.2, 0.25) is 0 Å². The third kappa shape index (κ3) is 4.33. The van der Waals surface area contributed by atoms with Crippen LogP contribution < -0.4 is 5.73 Å². The first kappa shape index (κ1) is 13.2. The van der Waals surface area contributed by atoms with Gasteiger partial charge in [-0.15, -0.1) is 0 Å². The van der Waals surface area contributed by atoms with Gasteiger partial charge in [-0.25, -0.2) is 0 Å². The van der Waals surface area contributed by atoms with E-state index in [1.54, 1.807) is 0 Å². The first-order chi connectivity index (χ1) is 7.65. The minimum absolute atomic E-state index is 0.250. The third-order valence-corrected chi connectivity index (χ3v) is 2.99. The smallest absolute Gasteiger partial charge is 0.137 e. The lowest BCUT2D eigenvalue weighted by molar-refractivity contribution is -0.119. The van der Waals surface area contributed by atoms with Crippen molar-refractivity contribution in [3.8, 4) is 0 Å². The SMILES string of the molecule is CCC(CN)CC(=O)Cc1ccc(Cl)cc1. The molecule has 1 unspecified atom stereocenters. The topological polar surface area (TPSA) is 43.1 Å². The highest BCUT2D eigenvalue weighted by atomic mass is 35.5. The molecule has 0 radical (unpaired) electrons. The molecule has 0 aliphatic rings. The maximum atomic E-state index is 11.7. The van der Waals surface area contributed by atoms with Gasteiger partial charge in [-0.3, -0.25) is 4.79 Å². The van der Waals surface area contributed by atoms with Crippen molar-refractivity contribution < 1.29 is 4.79 Å². The molecule has 0 bridgehead atoms. The lowest BCUT2D eigenvalue weighted by Gasteiger charge is -2.10. The standard InChI is InChI=1S/C13H18ClNO/c1-2-10(9-15)7-13(16)8-11-3-5-12(14)6-4-11/h3-6,10H,2,7-9,15H2,1H3. The van der Waals surface area contributed by atoms with E-state index in [4.69, 9.17) is 17.3 Å². The molecular formula is C13H18ClNO. The highest BCUT2D eigenvalue weighted by Crippen LogP contribution is 2.13. The number of hydrogen-bond acceptors (Lipinski definition) is 2. The Kier molecular flexibility index (Phi) is 5.50. The van der Waals surface area contributed by atoms with Gasteiger partial charge in [0.05, 0.1) is 0 Å². The van der Waals surface area contributed by atoms with Crippen molar-refractivity contribution in [1.29, 1.82) is 0 Å². The molecule has 0 saturated carbocycles. The fourth-order valence-corrected chi connectivity index (χ4v) is 1.74. The van der Waals surface area contributed by atoms with E-state index in [2.05, 4.69) is 6.92 Å². The summed E-state index contributed by atoms with van der Waals surface area (Å²) in [5, 5.41) is 0.699. The summed E-state index contributed by atoms with van der Waals surface area (Å²) in [6.45, 7) is 2.65. The predicted octanol–water partition coefficient (Wildman–Crippen LogP) is 2.83.